The molecule has 0 saturated carbocycles. The molecule has 0 fully saturated rings. The zero-order valence-corrected chi connectivity index (χ0v) is 16.5. The van der Waals surface area contributed by atoms with Gasteiger partial charge >= 0.3 is 0 Å². The van der Waals surface area contributed by atoms with Crippen LogP contribution in [0.3, 0.4) is 0 Å². The van der Waals surface area contributed by atoms with Crippen LogP contribution in [0.15, 0.2) is 59.0 Å². The summed E-state index contributed by atoms with van der Waals surface area (Å²) in [6.45, 7) is 3.85. The summed E-state index contributed by atoms with van der Waals surface area (Å²) in [4.78, 5) is 12.6. The number of nitrogens with one attached hydrogen (secondary N) is 1. The van der Waals surface area contributed by atoms with Crippen LogP contribution in [0.5, 0.6) is 5.75 Å². The standard InChI is InChI=1S/C22H22ClNO4/c1-3-14(2)27-17-6-4-5-15(11-17)22(26)24-16-7-9-19(20(23)12-16)21-10-8-18(13-25)28-21/h4-12,14,25H,3,13H2,1-2H3,(H,24,26). The van der Waals surface area contributed by atoms with Crippen molar-refractivity contribution < 1.29 is 19.1 Å². The number of carbonyl (C=O) groups is 1. The van der Waals surface area contributed by atoms with Gasteiger partial charge in [0.2, 0.25) is 0 Å². The molecule has 0 aliphatic rings. The Morgan fingerprint density at radius 2 is 2.04 bits per heavy atom. The van der Waals surface area contributed by atoms with Crippen molar-refractivity contribution in [2.45, 2.75) is 33.0 Å². The van der Waals surface area contributed by atoms with E-state index in [1.165, 1.54) is 0 Å². The van der Waals surface area contributed by atoms with Crippen molar-refractivity contribution in [3.63, 3.8) is 0 Å². The summed E-state index contributed by atoms with van der Waals surface area (Å²) in [7, 11) is 0. The lowest BCUT2D eigenvalue weighted by Gasteiger charge is -2.13. The van der Waals surface area contributed by atoms with Crippen LogP contribution in [0.25, 0.3) is 11.3 Å². The highest BCUT2D eigenvalue weighted by molar-refractivity contribution is 6.33. The summed E-state index contributed by atoms with van der Waals surface area (Å²) in [6, 6.07) is 15.7. The number of anilines is 1. The van der Waals surface area contributed by atoms with Gasteiger partial charge in [-0.25, -0.2) is 0 Å². The second kappa shape index (κ2) is 8.95. The molecule has 2 aromatic carbocycles. The van der Waals surface area contributed by atoms with Crippen LogP contribution in [0.4, 0.5) is 5.69 Å². The molecule has 5 nitrogen and oxygen atoms in total. The van der Waals surface area contributed by atoms with E-state index in [2.05, 4.69) is 5.32 Å². The van der Waals surface area contributed by atoms with E-state index in [1.807, 2.05) is 19.9 Å². The first kappa shape index (κ1) is 20.0. The third-order valence-corrected chi connectivity index (χ3v) is 4.63. The smallest absolute Gasteiger partial charge is 0.255 e. The second-order valence-corrected chi connectivity index (χ2v) is 6.84. The molecule has 28 heavy (non-hydrogen) atoms. The first-order valence-corrected chi connectivity index (χ1v) is 9.45. The topological polar surface area (TPSA) is 71.7 Å². The number of hydrogen-bond donors (Lipinski definition) is 2. The number of aliphatic hydroxyl groups is 1. The predicted molar refractivity (Wildman–Crippen MR) is 110 cm³/mol. The van der Waals surface area contributed by atoms with Gasteiger partial charge in [-0.05, 0) is 61.9 Å². The fraction of sp³-hybridized carbons (Fsp3) is 0.227. The van der Waals surface area contributed by atoms with Crippen LogP contribution in [0, 0.1) is 0 Å². The lowest BCUT2D eigenvalue weighted by Crippen LogP contribution is -2.13. The number of carbonyl (C=O) groups excluding carboxylic acids is 1. The molecule has 0 bridgehead atoms. The minimum atomic E-state index is -0.251. The normalized spacial score (nSPS) is 11.9. The number of rotatable bonds is 7. The summed E-state index contributed by atoms with van der Waals surface area (Å²) in [5.74, 6) is 1.43. The molecule has 1 unspecified atom stereocenters. The number of amides is 1. The van der Waals surface area contributed by atoms with Crippen LogP contribution in [-0.4, -0.2) is 17.1 Å². The van der Waals surface area contributed by atoms with Gasteiger partial charge in [-0.1, -0.05) is 24.6 Å². The molecule has 1 heterocycles. The highest BCUT2D eigenvalue weighted by Gasteiger charge is 2.12. The van der Waals surface area contributed by atoms with Crippen molar-refractivity contribution in [2.24, 2.45) is 0 Å². The molecular formula is C22H22ClNO4. The van der Waals surface area contributed by atoms with Gasteiger partial charge in [0.05, 0.1) is 11.1 Å². The zero-order chi connectivity index (χ0) is 20.1. The second-order valence-electron chi connectivity index (χ2n) is 6.44. The number of aliphatic hydroxyl groups excluding tert-OH is 1. The summed E-state index contributed by atoms with van der Waals surface area (Å²) in [6.07, 6.45) is 0.967. The third-order valence-electron chi connectivity index (χ3n) is 4.32. The molecule has 0 spiro atoms. The lowest BCUT2D eigenvalue weighted by atomic mass is 10.1. The van der Waals surface area contributed by atoms with Crippen LogP contribution in [0.1, 0.15) is 36.4 Å². The Bertz CT molecular complexity index is 967. The van der Waals surface area contributed by atoms with Gasteiger partial charge < -0.3 is 19.6 Å². The van der Waals surface area contributed by atoms with Gasteiger partial charge in [0, 0.05) is 16.8 Å². The van der Waals surface area contributed by atoms with E-state index in [-0.39, 0.29) is 18.6 Å². The predicted octanol–water partition coefficient (Wildman–Crippen LogP) is 5.52. The Labute approximate surface area is 168 Å². The number of halogens is 1. The molecule has 2 N–H and O–H groups in total. The van der Waals surface area contributed by atoms with E-state index in [0.717, 1.165) is 6.42 Å². The summed E-state index contributed by atoms with van der Waals surface area (Å²) in [5.41, 5.74) is 1.75. The van der Waals surface area contributed by atoms with E-state index in [1.54, 1.807) is 48.5 Å². The van der Waals surface area contributed by atoms with Gasteiger partial charge in [-0.2, -0.15) is 0 Å². The van der Waals surface area contributed by atoms with Crippen molar-refractivity contribution in [2.75, 3.05) is 5.32 Å². The molecule has 146 valence electrons. The molecule has 6 heteroatoms. The summed E-state index contributed by atoms with van der Waals surface area (Å²) < 4.78 is 11.3. The van der Waals surface area contributed by atoms with Gasteiger partial charge in [0.15, 0.2) is 0 Å². The van der Waals surface area contributed by atoms with Crippen LogP contribution < -0.4 is 10.1 Å². The van der Waals surface area contributed by atoms with Crippen LogP contribution in [0.2, 0.25) is 5.02 Å². The summed E-state index contributed by atoms with van der Waals surface area (Å²) >= 11 is 6.35. The Morgan fingerprint density at radius 3 is 2.71 bits per heavy atom. The lowest BCUT2D eigenvalue weighted by molar-refractivity contribution is 0.102. The van der Waals surface area contributed by atoms with Crippen molar-refractivity contribution >= 4 is 23.2 Å². The van der Waals surface area contributed by atoms with Gasteiger partial charge in [0.25, 0.3) is 5.91 Å². The van der Waals surface area contributed by atoms with E-state index in [4.69, 9.17) is 25.9 Å². The van der Waals surface area contributed by atoms with Crippen LogP contribution >= 0.6 is 11.6 Å². The van der Waals surface area contributed by atoms with E-state index < -0.39 is 0 Å². The molecule has 3 aromatic rings. The van der Waals surface area contributed by atoms with Crippen molar-refractivity contribution in [1.29, 1.82) is 0 Å². The monoisotopic (exact) mass is 399 g/mol. The first-order valence-electron chi connectivity index (χ1n) is 9.07. The molecule has 0 saturated heterocycles. The SMILES string of the molecule is CCC(C)Oc1cccc(C(=O)Nc2ccc(-c3ccc(CO)o3)c(Cl)c2)c1. The Morgan fingerprint density at radius 1 is 1.21 bits per heavy atom. The van der Waals surface area contributed by atoms with Crippen LogP contribution in [-0.2, 0) is 6.61 Å². The highest BCUT2D eigenvalue weighted by Crippen LogP contribution is 2.32. The van der Waals surface area contributed by atoms with Gasteiger partial charge in [-0.15, -0.1) is 0 Å². The molecule has 1 aromatic heterocycles. The largest absolute Gasteiger partial charge is 0.491 e. The molecule has 0 aliphatic carbocycles. The van der Waals surface area contributed by atoms with Crippen molar-refractivity contribution in [3.8, 4) is 17.1 Å². The minimum absolute atomic E-state index is 0.0811. The van der Waals surface area contributed by atoms with E-state index in [0.29, 0.717) is 39.1 Å². The van der Waals surface area contributed by atoms with E-state index in [9.17, 15) is 4.79 Å². The Balaban J connectivity index is 1.74. The maximum absolute atomic E-state index is 12.6. The Kier molecular flexibility index (Phi) is 6.39. The molecule has 0 aliphatic heterocycles. The fourth-order valence-electron chi connectivity index (χ4n) is 2.63. The molecule has 1 atom stereocenters. The third kappa shape index (κ3) is 4.74. The number of benzene rings is 2. The molecule has 0 radical (unpaired) electrons. The molecule has 1 amide bonds. The summed E-state index contributed by atoms with van der Waals surface area (Å²) in [5, 5.41) is 12.4. The van der Waals surface area contributed by atoms with Crippen molar-refractivity contribution in [1.82, 2.24) is 0 Å². The quantitative estimate of drug-likeness (QED) is 0.548. The Hall–Kier alpha value is -2.76. The van der Waals surface area contributed by atoms with Gasteiger partial charge in [0.1, 0.15) is 23.9 Å². The maximum Gasteiger partial charge on any atom is 0.255 e. The average Bonchev–Trinajstić information content (AvgIpc) is 3.17. The van der Waals surface area contributed by atoms with E-state index >= 15 is 0 Å². The molecular weight excluding hydrogens is 378 g/mol. The minimum Gasteiger partial charge on any atom is -0.491 e. The molecule has 3 rings (SSSR count). The zero-order valence-electron chi connectivity index (χ0n) is 15.7. The number of furan rings is 1. The average molecular weight is 400 g/mol. The van der Waals surface area contributed by atoms with Gasteiger partial charge in [-0.3, -0.25) is 4.79 Å². The fourth-order valence-corrected chi connectivity index (χ4v) is 2.90. The van der Waals surface area contributed by atoms with Crippen molar-refractivity contribution in [3.05, 3.63) is 70.9 Å². The first-order chi connectivity index (χ1) is 13.5. The highest BCUT2D eigenvalue weighted by atomic mass is 35.5. The number of hydrogen-bond acceptors (Lipinski definition) is 4. The number of ether oxygens (including phenoxy) is 1. The maximum atomic E-state index is 12.6.